The van der Waals surface area contributed by atoms with Gasteiger partial charge in [-0.1, -0.05) is 18.2 Å². The monoisotopic (exact) mass is 462 g/mol. The zero-order chi connectivity index (χ0) is 23.7. The van der Waals surface area contributed by atoms with Crippen LogP contribution < -0.4 is 10.6 Å². The summed E-state index contributed by atoms with van der Waals surface area (Å²) in [5.41, 5.74) is 2.83. The predicted octanol–water partition coefficient (Wildman–Crippen LogP) is 4.18. The van der Waals surface area contributed by atoms with Gasteiger partial charge in [-0.25, -0.2) is 9.78 Å². The molecule has 1 atom stereocenters. The van der Waals surface area contributed by atoms with Gasteiger partial charge in [-0.3, -0.25) is 4.79 Å². The van der Waals surface area contributed by atoms with Crippen molar-refractivity contribution in [3.8, 4) is 0 Å². The zero-order valence-corrected chi connectivity index (χ0v) is 19.1. The smallest absolute Gasteiger partial charge is 0.356 e. The average molecular weight is 463 g/mol. The van der Waals surface area contributed by atoms with Gasteiger partial charge in [-0.05, 0) is 31.5 Å². The summed E-state index contributed by atoms with van der Waals surface area (Å²) >= 11 is 0. The first-order valence-corrected chi connectivity index (χ1v) is 11.3. The first kappa shape index (κ1) is 22.0. The molecule has 0 radical (unpaired) electrons. The number of hydrogen-bond acceptors (Lipinski definition) is 7. The number of aryl methyl sites for hydroxylation is 1. The van der Waals surface area contributed by atoms with Crippen LogP contribution in [0.15, 0.2) is 47.0 Å². The number of carbonyl (C=O) groups is 2. The summed E-state index contributed by atoms with van der Waals surface area (Å²) in [7, 11) is 1.32. The lowest BCUT2D eigenvalue weighted by Crippen LogP contribution is -2.24. The third-order valence-electron chi connectivity index (χ3n) is 6.09. The van der Waals surface area contributed by atoms with Gasteiger partial charge < -0.3 is 29.1 Å². The Bertz CT molecular complexity index is 1330. The fraction of sp³-hybridized carbons (Fsp3) is 0.320. The minimum atomic E-state index is -0.533. The van der Waals surface area contributed by atoms with Crippen molar-refractivity contribution < 1.29 is 23.5 Å². The summed E-state index contributed by atoms with van der Waals surface area (Å²) in [5, 5.41) is 7.98. The molecule has 176 valence electrons. The fourth-order valence-corrected chi connectivity index (χ4v) is 4.34. The van der Waals surface area contributed by atoms with Gasteiger partial charge in [0.05, 0.1) is 43.8 Å². The number of fused-ring (bicyclic) bond motifs is 2. The molecule has 0 unspecified atom stereocenters. The second kappa shape index (κ2) is 9.18. The number of carbonyl (C=O) groups excluding carboxylic acids is 2. The topological polar surface area (TPSA) is 108 Å². The van der Waals surface area contributed by atoms with Crippen LogP contribution in [0.25, 0.3) is 22.0 Å². The number of amides is 1. The summed E-state index contributed by atoms with van der Waals surface area (Å²) < 4.78 is 18.0. The molecule has 9 heteroatoms. The van der Waals surface area contributed by atoms with Gasteiger partial charge in [-0.15, -0.1) is 0 Å². The number of nitrogens with zero attached hydrogens (tertiary/aromatic N) is 2. The van der Waals surface area contributed by atoms with Crippen LogP contribution in [0.4, 0.5) is 11.4 Å². The Morgan fingerprint density at radius 2 is 2.12 bits per heavy atom. The van der Waals surface area contributed by atoms with E-state index in [1.807, 2.05) is 43.3 Å². The van der Waals surface area contributed by atoms with Crippen LogP contribution >= 0.6 is 0 Å². The van der Waals surface area contributed by atoms with Gasteiger partial charge in [0, 0.05) is 23.9 Å². The largest absolute Gasteiger partial charge is 0.464 e. The minimum absolute atomic E-state index is 0.182. The van der Waals surface area contributed by atoms with Crippen LogP contribution in [0.2, 0.25) is 0 Å². The number of ether oxygens (including phenoxy) is 2. The van der Waals surface area contributed by atoms with Crippen molar-refractivity contribution in [3.05, 3.63) is 54.0 Å². The quantitative estimate of drug-likeness (QED) is 0.397. The Hall–Kier alpha value is -3.85. The van der Waals surface area contributed by atoms with Gasteiger partial charge in [0.25, 0.3) is 0 Å². The van der Waals surface area contributed by atoms with Crippen molar-refractivity contribution in [2.75, 3.05) is 31.0 Å². The van der Waals surface area contributed by atoms with Crippen molar-refractivity contribution in [2.45, 2.75) is 26.4 Å². The molecule has 4 aromatic rings. The molecule has 1 aromatic carbocycles. The Kier molecular flexibility index (Phi) is 5.93. The molecule has 0 saturated carbocycles. The van der Waals surface area contributed by atoms with E-state index in [0.717, 1.165) is 22.4 Å². The van der Waals surface area contributed by atoms with Gasteiger partial charge in [-0.2, -0.15) is 0 Å². The molecule has 0 bridgehead atoms. The number of anilines is 2. The third kappa shape index (κ3) is 3.99. The highest BCUT2D eigenvalue weighted by molar-refractivity contribution is 6.11. The lowest BCUT2D eigenvalue weighted by molar-refractivity contribution is -0.119. The van der Waals surface area contributed by atoms with E-state index in [-0.39, 0.29) is 17.5 Å². The van der Waals surface area contributed by atoms with Crippen LogP contribution in [0, 0.1) is 5.92 Å². The maximum Gasteiger partial charge on any atom is 0.356 e. The number of furan rings is 1. The summed E-state index contributed by atoms with van der Waals surface area (Å²) in [5.74, 6) is -0.182. The molecule has 1 aliphatic heterocycles. The highest BCUT2D eigenvalue weighted by Crippen LogP contribution is 2.33. The van der Waals surface area contributed by atoms with E-state index in [0.29, 0.717) is 49.4 Å². The van der Waals surface area contributed by atoms with Crippen LogP contribution in [0.3, 0.4) is 0 Å². The van der Waals surface area contributed by atoms with Gasteiger partial charge in [0.15, 0.2) is 5.69 Å². The number of methoxy groups -OCH3 is 1. The highest BCUT2D eigenvalue weighted by Gasteiger charge is 2.29. The standard InChI is InChI=1S/C25H26N4O5/c1-3-29-22(25(31)32-2)21(28-24(30)16-8-9-33-14-16)19-11-17(12-27-23(19)29)26-13-18-10-15-6-4-5-7-20(15)34-18/h4-7,10-12,16,26H,3,8-9,13-14H2,1-2H3,(H,28,30)/t16-/m1/s1. The molecule has 34 heavy (non-hydrogen) atoms. The second-order valence-electron chi connectivity index (χ2n) is 8.21. The number of hydrogen-bond donors (Lipinski definition) is 2. The number of esters is 1. The zero-order valence-electron chi connectivity index (χ0n) is 19.1. The average Bonchev–Trinajstić information content (AvgIpc) is 3.59. The molecule has 1 amide bonds. The number of pyridine rings is 1. The van der Waals surface area contributed by atoms with Crippen molar-refractivity contribution in [2.24, 2.45) is 5.92 Å². The number of nitrogens with one attached hydrogen (secondary N) is 2. The molecular formula is C25H26N4O5. The van der Waals surface area contributed by atoms with E-state index >= 15 is 0 Å². The molecule has 1 saturated heterocycles. The third-order valence-corrected chi connectivity index (χ3v) is 6.09. The lowest BCUT2D eigenvalue weighted by Gasteiger charge is -2.11. The summed E-state index contributed by atoms with van der Waals surface area (Å²) in [4.78, 5) is 30.2. The molecule has 3 aromatic heterocycles. The van der Waals surface area contributed by atoms with E-state index in [1.54, 1.807) is 10.8 Å². The Labute approximate surface area is 196 Å². The predicted molar refractivity (Wildman–Crippen MR) is 128 cm³/mol. The van der Waals surface area contributed by atoms with E-state index < -0.39 is 5.97 Å². The Morgan fingerprint density at radius 3 is 2.85 bits per heavy atom. The van der Waals surface area contributed by atoms with E-state index in [1.165, 1.54) is 7.11 Å². The molecule has 5 rings (SSSR count). The number of aromatic nitrogens is 2. The molecule has 2 N–H and O–H groups in total. The van der Waals surface area contributed by atoms with Crippen LogP contribution in [-0.4, -0.2) is 41.8 Å². The van der Waals surface area contributed by atoms with E-state index in [4.69, 9.17) is 13.9 Å². The Balaban J connectivity index is 1.49. The number of rotatable bonds is 7. The molecule has 0 aliphatic carbocycles. The second-order valence-corrected chi connectivity index (χ2v) is 8.21. The molecule has 4 heterocycles. The van der Waals surface area contributed by atoms with Crippen LogP contribution in [-0.2, 0) is 27.4 Å². The summed E-state index contributed by atoms with van der Waals surface area (Å²) in [6.45, 7) is 3.78. The number of para-hydroxylation sites is 1. The maximum absolute atomic E-state index is 12.9. The van der Waals surface area contributed by atoms with Crippen molar-refractivity contribution in [3.63, 3.8) is 0 Å². The van der Waals surface area contributed by atoms with Gasteiger partial charge >= 0.3 is 5.97 Å². The van der Waals surface area contributed by atoms with Gasteiger partial charge in [0.1, 0.15) is 17.0 Å². The SMILES string of the molecule is CCn1c(C(=O)OC)c(NC(=O)[C@@H]2CCOC2)c2cc(NCc3cc4ccccc4o3)cnc21. The van der Waals surface area contributed by atoms with Crippen molar-refractivity contribution >= 4 is 45.3 Å². The highest BCUT2D eigenvalue weighted by atomic mass is 16.5. The summed E-state index contributed by atoms with van der Waals surface area (Å²) in [6.07, 6.45) is 2.35. The summed E-state index contributed by atoms with van der Waals surface area (Å²) in [6, 6.07) is 11.7. The molecule has 1 aliphatic rings. The minimum Gasteiger partial charge on any atom is -0.464 e. The van der Waals surface area contributed by atoms with E-state index in [2.05, 4.69) is 15.6 Å². The van der Waals surface area contributed by atoms with Crippen molar-refractivity contribution in [1.29, 1.82) is 0 Å². The molecule has 0 spiro atoms. The maximum atomic E-state index is 12.9. The fourth-order valence-electron chi connectivity index (χ4n) is 4.34. The first-order chi connectivity index (χ1) is 16.6. The van der Waals surface area contributed by atoms with Crippen molar-refractivity contribution in [1.82, 2.24) is 9.55 Å². The molecule has 1 fully saturated rings. The number of benzene rings is 1. The molecular weight excluding hydrogens is 436 g/mol. The molecule has 9 nitrogen and oxygen atoms in total. The van der Waals surface area contributed by atoms with Crippen LogP contribution in [0.1, 0.15) is 29.6 Å². The van der Waals surface area contributed by atoms with E-state index in [9.17, 15) is 9.59 Å². The first-order valence-electron chi connectivity index (χ1n) is 11.3. The van der Waals surface area contributed by atoms with Crippen LogP contribution in [0.5, 0.6) is 0 Å². The Morgan fingerprint density at radius 1 is 1.26 bits per heavy atom. The lowest BCUT2D eigenvalue weighted by atomic mass is 10.1. The normalized spacial score (nSPS) is 15.6. The van der Waals surface area contributed by atoms with Gasteiger partial charge in [0.2, 0.25) is 5.91 Å².